The van der Waals surface area contributed by atoms with E-state index in [0.29, 0.717) is 17.0 Å². The number of hydrogen-bond donors (Lipinski definition) is 1. The molecule has 0 unspecified atom stereocenters. The molecule has 0 spiro atoms. The molecule has 1 amide bonds. The third-order valence-electron chi connectivity index (χ3n) is 3.59. The van der Waals surface area contributed by atoms with Gasteiger partial charge in [-0.2, -0.15) is 0 Å². The molecule has 6 heteroatoms. The number of ether oxygens (including phenoxy) is 2. The van der Waals surface area contributed by atoms with E-state index in [1.54, 1.807) is 24.3 Å². The molecule has 0 bridgehead atoms. The van der Waals surface area contributed by atoms with Crippen LogP contribution in [0.2, 0.25) is 0 Å². The summed E-state index contributed by atoms with van der Waals surface area (Å²) in [6.07, 6.45) is 0.944. The zero-order chi connectivity index (χ0) is 18.4. The summed E-state index contributed by atoms with van der Waals surface area (Å²) in [5.41, 5.74) is 1.97. The Kier molecular flexibility index (Phi) is 6.47. The van der Waals surface area contributed by atoms with Gasteiger partial charge in [0.15, 0.2) is 6.10 Å². The molecule has 0 radical (unpaired) electrons. The van der Waals surface area contributed by atoms with Gasteiger partial charge in [0.25, 0.3) is 5.91 Å². The van der Waals surface area contributed by atoms with Crippen LogP contribution in [0.3, 0.4) is 0 Å². The Hall–Kier alpha value is -2.47. The normalized spacial score (nSPS) is 11.5. The van der Waals surface area contributed by atoms with Crippen LogP contribution in [0.4, 0.5) is 5.69 Å². The van der Waals surface area contributed by atoms with Crippen molar-refractivity contribution in [3.05, 3.63) is 53.6 Å². The molecule has 0 aliphatic heterocycles. The van der Waals surface area contributed by atoms with E-state index in [0.717, 1.165) is 10.5 Å². The Morgan fingerprint density at radius 2 is 1.88 bits per heavy atom. The second-order valence-electron chi connectivity index (χ2n) is 5.44. The highest BCUT2D eigenvalue weighted by molar-refractivity contribution is 7.98. The SMILES string of the molecule is COc1ccc(C)cc1NC(=O)[C@H](C)OC(=O)c1ccccc1SC. The number of thioether (sulfide) groups is 1. The van der Waals surface area contributed by atoms with Crippen molar-refractivity contribution in [3.63, 3.8) is 0 Å². The number of nitrogens with one attached hydrogen (secondary N) is 1. The lowest BCUT2D eigenvalue weighted by Crippen LogP contribution is -2.30. The van der Waals surface area contributed by atoms with Crippen LogP contribution in [0.25, 0.3) is 0 Å². The van der Waals surface area contributed by atoms with E-state index in [1.807, 2.05) is 31.4 Å². The maximum Gasteiger partial charge on any atom is 0.340 e. The van der Waals surface area contributed by atoms with Crippen molar-refractivity contribution >= 4 is 29.3 Å². The molecule has 0 saturated carbocycles. The standard InChI is InChI=1S/C19H21NO4S/c1-12-9-10-16(23-3)15(11-12)20-18(21)13(2)24-19(22)14-7-5-6-8-17(14)25-4/h5-11,13H,1-4H3,(H,20,21)/t13-/m0/s1. The van der Waals surface area contributed by atoms with Crippen molar-refractivity contribution < 1.29 is 19.1 Å². The number of hydrogen-bond acceptors (Lipinski definition) is 5. The van der Waals surface area contributed by atoms with Crippen LogP contribution < -0.4 is 10.1 Å². The quantitative estimate of drug-likeness (QED) is 0.626. The number of carbonyl (C=O) groups excluding carboxylic acids is 2. The van der Waals surface area contributed by atoms with Gasteiger partial charge in [0.1, 0.15) is 5.75 Å². The summed E-state index contributed by atoms with van der Waals surface area (Å²) in [5.74, 6) is -0.395. The molecule has 0 aromatic heterocycles. The van der Waals surface area contributed by atoms with Crippen LogP contribution in [0, 0.1) is 6.92 Å². The highest BCUT2D eigenvalue weighted by Gasteiger charge is 2.21. The van der Waals surface area contributed by atoms with Crippen molar-refractivity contribution in [2.45, 2.75) is 24.8 Å². The number of esters is 1. The van der Waals surface area contributed by atoms with Gasteiger partial charge in [0.05, 0.1) is 18.4 Å². The van der Waals surface area contributed by atoms with E-state index >= 15 is 0 Å². The molecular formula is C19H21NO4S. The van der Waals surface area contributed by atoms with Gasteiger partial charge in [0.2, 0.25) is 0 Å². The molecule has 0 heterocycles. The summed E-state index contributed by atoms with van der Waals surface area (Å²) in [4.78, 5) is 25.5. The predicted molar refractivity (Wildman–Crippen MR) is 99.5 cm³/mol. The van der Waals surface area contributed by atoms with Crippen LogP contribution in [-0.2, 0) is 9.53 Å². The van der Waals surface area contributed by atoms with Gasteiger partial charge in [-0.3, -0.25) is 4.79 Å². The van der Waals surface area contributed by atoms with Crippen LogP contribution in [0.15, 0.2) is 47.4 Å². The van der Waals surface area contributed by atoms with E-state index in [-0.39, 0.29) is 0 Å². The first-order chi connectivity index (χ1) is 12.0. The van der Waals surface area contributed by atoms with E-state index in [2.05, 4.69) is 5.32 Å². The molecule has 0 aliphatic carbocycles. The third-order valence-corrected chi connectivity index (χ3v) is 4.39. The summed E-state index contributed by atoms with van der Waals surface area (Å²) in [5, 5.41) is 2.74. The summed E-state index contributed by atoms with van der Waals surface area (Å²) in [7, 11) is 1.53. The molecule has 25 heavy (non-hydrogen) atoms. The second kappa shape index (κ2) is 8.58. The monoisotopic (exact) mass is 359 g/mol. The van der Waals surface area contributed by atoms with Gasteiger partial charge < -0.3 is 14.8 Å². The van der Waals surface area contributed by atoms with E-state index in [1.165, 1.54) is 25.8 Å². The summed E-state index contributed by atoms with van der Waals surface area (Å²) in [6.45, 7) is 3.45. The predicted octanol–water partition coefficient (Wildman–Crippen LogP) is 3.91. The van der Waals surface area contributed by atoms with Gasteiger partial charge in [-0.25, -0.2) is 4.79 Å². The fourth-order valence-electron chi connectivity index (χ4n) is 2.24. The number of methoxy groups -OCH3 is 1. The van der Waals surface area contributed by atoms with Crippen LogP contribution >= 0.6 is 11.8 Å². The zero-order valence-electron chi connectivity index (χ0n) is 14.7. The first-order valence-electron chi connectivity index (χ1n) is 7.75. The lowest BCUT2D eigenvalue weighted by molar-refractivity contribution is -0.123. The third kappa shape index (κ3) is 4.76. The van der Waals surface area contributed by atoms with Crippen LogP contribution in [0.1, 0.15) is 22.8 Å². The lowest BCUT2D eigenvalue weighted by Gasteiger charge is -2.16. The molecule has 0 saturated heterocycles. The summed E-state index contributed by atoms with van der Waals surface area (Å²) in [6, 6.07) is 12.6. The Morgan fingerprint density at radius 3 is 2.56 bits per heavy atom. The molecule has 5 nitrogen and oxygen atoms in total. The average molecular weight is 359 g/mol. The van der Waals surface area contributed by atoms with Gasteiger partial charge in [-0.05, 0) is 49.9 Å². The minimum atomic E-state index is -0.937. The van der Waals surface area contributed by atoms with Crippen molar-refractivity contribution in [1.29, 1.82) is 0 Å². The summed E-state index contributed by atoms with van der Waals surface area (Å²) < 4.78 is 10.5. The Bertz CT molecular complexity index is 776. The Labute approximate surface area is 151 Å². The maximum absolute atomic E-state index is 12.4. The molecule has 0 fully saturated rings. The van der Waals surface area contributed by atoms with Crippen LogP contribution in [-0.4, -0.2) is 31.3 Å². The number of aryl methyl sites for hydroxylation is 1. The molecule has 1 atom stereocenters. The lowest BCUT2D eigenvalue weighted by atomic mass is 10.2. The smallest absolute Gasteiger partial charge is 0.340 e. The van der Waals surface area contributed by atoms with Crippen molar-refractivity contribution in [3.8, 4) is 5.75 Å². The molecule has 2 aromatic carbocycles. The van der Waals surface area contributed by atoms with E-state index < -0.39 is 18.0 Å². The minimum Gasteiger partial charge on any atom is -0.495 e. The fourth-order valence-corrected chi connectivity index (χ4v) is 2.83. The molecule has 0 aliphatic rings. The zero-order valence-corrected chi connectivity index (χ0v) is 15.5. The van der Waals surface area contributed by atoms with Crippen LogP contribution in [0.5, 0.6) is 5.75 Å². The topological polar surface area (TPSA) is 64.6 Å². The molecular weight excluding hydrogens is 338 g/mol. The number of rotatable bonds is 6. The van der Waals surface area contributed by atoms with Crippen molar-refractivity contribution in [2.75, 3.05) is 18.7 Å². The maximum atomic E-state index is 12.4. The summed E-state index contributed by atoms with van der Waals surface area (Å²) >= 11 is 1.45. The highest BCUT2D eigenvalue weighted by Crippen LogP contribution is 2.26. The fraction of sp³-hybridized carbons (Fsp3) is 0.263. The molecule has 2 aromatic rings. The number of carbonyl (C=O) groups is 2. The van der Waals surface area contributed by atoms with Gasteiger partial charge in [-0.1, -0.05) is 18.2 Å². The average Bonchev–Trinajstić information content (AvgIpc) is 2.61. The van der Waals surface area contributed by atoms with Gasteiger partial charge in [-0.15, -0.1) is 11.8 Å². The molecule has 2 rings (SSSR count). The number of benzene rings is 2. The van der Waals surface area contributed by atoms with Crippen molar-refractivity contribution in [1.82, 2.24) is 0 Å². The Morgan fingerprint density at radius 1 is 1.16 bits per heavy atom. The van der Waals surface area contributed by atoms with Gasteiger partial charge in [0, 0.05) is 4.90 Å². The van der Waals surface area contributed by atoms with E-state index in [4.69, 9.17) is 9.47 Å². The highest BCUT2D eigenvalue weighted by atomic mass is 32.2. The largest absolute Gasteiger partial charge is 0.495 e. The molecule has 132 valence electrons. The van der Waals surface area contributed by atoms with Crippen molar-refractivity contribution in [2.24, 2.45) is 0 Å². The van der Waals surface area contributed by atoms with E-state index in [9.17, 15) is 9.59 Å². The number of amides is 1. The number of anilines is 1. The first kappa shape index (κ1) is 18.9. The Balaban J connectivity index is 2.08. The minimum absolute atomic E-state index is 0.418. The van der Waals surface area contributed by atoms with Gasteiger partial charge >= 0.3 is 5.97 Å². The first-order valence-corrected chi connectivity index (χ1v) is 8.98. The second-order valence-corrected chi connectivity index (χ2v) is 6.29. The molecule has 1 N–H and O–H groups in total.